The molecule has 2 rings (SSSR count). The number of nitrogens with two attached hydrogens (primary N) is 2. The molecule has 0 aliphatic rings. The molecule has 0 bridgehead atoms. The summed E-state index contributed by atoms with van der Waals surface area (Å²) in [7, 11) is 0. The summed E-state index contributed by atoms with van der Waals surface area (Å²) in [6, 6.07) is 8.56. The lowest BCUT2D eigenvalue weighted by Gasteiger charge is -2.10. The molecule has 1 atom stereocenters. The first kappa shape index (κ1) is 25.2. The predicted molar refractivity (Wildman–Crippen MR) is 117 cm³/mol. The van der Waals surface area contributed by atoms with Crippen molar-refractivity contribution in [3.8, 4) is 11.5 Å². The molecule has 9 nitrogen and oxygen atoms in total. The van der Waals surface area contributed by atoms with Crippen LogP contribution in [0.15, 0.2) is 40.9 Å². The second kappa shape index (κ2) is 12.7. The van der Waals surface area contributed by atoms with Gasteiger partial charge in [-0.2, -0.15) is 0 Å². The number of rotatable bonds is 9. The summed E-state index contributed by atoms with van der Waals surface area (Å²) < 4.78 is 0.837. The van der Waals surface area contributed by atoms with Gasteiger partial charge in [-0.1, -0.05) is 22.4 Å². The average molecular weight is 484 g/mol. The lowest BCUT2D eigenvalue weighted by Crippen LogP contribution is -2.29. The summed E-state index contributed by atoms with van der Waals surface area (Å²) in [6.07, 6.45) is 2.16. The van der Waals surface area contributed by atoms with Gasteiger partial charge < -0.3 is 37.2 Å². The number of carbonyl (C=O) groups is 2. The summed E-state index contributed by atoms with van der Waals surface area (Å²) in [5.41, 5.74) is 11.5. The van der Waals surface area contributed by atoms with E-state index in [1.807, 2.05) is 0 Å². The monoisotopic (exact) mass is 483 g/mol. The Morgan fingerprint density at radius 2 is 1.70 bits per heavy atom. The van der Waals surface area contributed by atoms with Gasteiger partial charge in [0, 0.05) is 22.3 Å². The largest absolute Gasteiger partial charge is 0.508 e. The lowest BCUT2D eigenvalue weighted by molar-refractivity contribution is -0.138. The molecule has 0 saturated heterocycles. The van der Waals surface area contributed by atoms with Crippen LogP contribution in [-0.2, 0) is 11.3 Å². The quantitative estimate of drug-likeness (QED) is 0.208. The van der Waals surface area contributed by atoms with Crippen molar-refractivity contribution in [3.63, 3.8) is 0 Å². The van der Waals surface area contributed by atoms with Gasteiger partial charge >= 0.3 is 11.9 Å². The van der Waals surface area contributed by atoms with E-state index in [0.717, 1.165) is 17.3 Å². The van der Waals surface area contributed by atoms with Gasteiger partial charge in [-0.25, -0.2) is 4.79 Å². The Morgan fingerprint density at radius 3 is 2.30 bits per heavy atom. The first-order valence-corrected chi connectivity index (χ1v) is 9.91. The molecule has 2 aromatic rings. The van der Waals surface area contributed by atoms with E-state index in [2.05, 4.69) is 21.2 Å². The maximum absolute atomic E-state index is 10.9. The fourth-order valence-corrected chi connectivity index (χ4v) is 2.75. The van der Waals surface area contributed by atoms with Crippen LogP contribution in [0, 0.1) is 0 Å². The number of phenolic OH excluding ortho intramolecular Hbond substituents is 1. The molecule has 0 aliphatic carbocycles. The summed E-state index contributed by atoms with van der Waals surface area (Å²) in [5, 5.41) is 39.4. The van der Waals surface area contributed by atoms with E-state index in [-0.39, 0.29) is 17.1 Å². The van der Waals surface area contributed by atoms with Crippen molar-refractivity contribution in [2.45, 2.75) is 31.8 Å². The maximum atomic E-state index is 10.9. The molecule has 0 saturated carbocycles. The number of anilines is 1. The van der Waals surface area contributed by atoms with Gasteiger partial charge in [-0.3, -0.25) is 4.79 Å². The van der Waals surface area contributed by atoms with E-state index in [1.165, 1.54) is 12.1 Å². The van der Waals surface area contributed by atoms with E-state index < -0.39 is 18.0 Å². The molecule has 0 spiro atoms. The van der Waals surface area contributed by atoms with E-state index in [0.29, 0.717) is 30.8 Å². The van der Waals surface area contributed by atoms with Gasteiger partial charge in [-0.15, -0.1) is 0 Å². The molecule has 10 heteroatoms. The van der Waals surface area contributed by atoms with Crippen molar-refractivity contribution in [1.82, 2.24) is 0 Å². The van der Waals surface area contributed by atoms with Crippen molar-refractivity contribution >= 4 is 33.6 Å². The molecule has 0 fully saturated rings. The number of aromatic hydroxyl groups is 2. The Kier molecular flexibility index (Phi) is 10.7. The molecule has 0 radical (unpaired) electrons. The zero-order valence-corrected chi connectivity index (χ0v) is 17.8. The number of aliphatic carboxylic acids is 1. The highest BCUT2D eigenvalue weighted by Gasteiger charge is 2.11. The van der Waals surface area contributed by atoms with Crippen LogP contribution in [0.5, 0.6) is 11.5 Å². The number of nitrogens with one attached hydrogen (secondary N) is 1. The van der Waals surface area contributed by atoms with E-state index in [4.69, 9.17) is 21.7 Å². The highest BCUT2D eigenvalue weighted by atomic mass is 79.9. The molecule has 9 N–H and O–H groups in total. The zero-order chi connectivity index (χ0) is 22.7. The molecular weight excluding hydrogens is 458 g/mol. The van der Waals surface area contributed by atoms with Crippen molar-refractivity contribution in [2.75, 3.05) is 11.9 Å². The minimum absolute atomic E-state index is 0.151. The molecule has 164 valence electrons. The minimum atomic E-state index is -1.20. The predicted octanol–water partition coefficient (Wildman–Crippen LogP) is 2.70. The molecule has 1 unspecified atom stereocenters. The van der Waals surface area contributed by atoms with Crippen molar-refractivity contribution in [2.24, 2.45) is 11.5 Å². The molecule has 0 amide bonds. The Labute approximate surface area is 182 Å². The minimum Gasteiger partial charge on any atom is -0.508 e. The molecular formula is C20H26BrN3O6. The van der Waals surface area contributed by atoms with E-state index >= 15 is 0 Å². The Morgan fingerprint density at radius 1 is 1.03 bits per heavy atom. The van der Waals surface area contributed by atoms with Crippen LogP contribution >= 0.6 is 15.9 Å². The van der Waals surface area contributed by atoms with Gasteiger partial charge in [0.25, 0.3) is 0 Å². The van der Waals surface area contributed by atoms with Gasteiger partial charge in [0.1, 0.15) is 23.1 Å². The van der Waals surface area contributed by atoms with Gasteiger partial charge in [0.2, 0.25) is 0 Å². The van der Waals surface area contributed by atoms with Gasteiger partial charge in [0.15, 0.2) is 0 Å². The number of aromatic carboxylic acids is 1. The van der Waals surface area contributed by atoms with Crippen molar-refractivity contribution < 1.29 is 30.0 Å². The number of carboxylic acids is 2. The Hall–Kier alpha value is -2.82. The van der Waals surface area contributed by atoms with Crippen LogP contribution in [0.25, 0.3) is 0 Å². The third kappa shape index (κ3) is 8.68. The number of halogens is 1. The molecule has 30 heavy (non-hydrogen) atoms. The fourth-order valence-electron chi connectivity index (χ4n) is 2.34. The smallest absolute Gasteiger partial charge is 0.339 e. The Balaban J connectivity index is 0.000000382. The van der Waals surface area contributed by atoms with Crippen molar-refractivity contribution in [3.05, 3.63) is 52.0 Å². The number of unbranched alkanes of at least 4 members (excludes halogenated alkanes) is 1. The van der Waals surface area contributed by atoms with Crippen LogP contribution in [0.4, 0.5) is 5.69 Å². The van der Waals surface area contributed by atoms with Crippen LogP contribution < -0.4 is 16.8 Å². The maximum Gasteiger partial charge on any atom is 0.339 e. The topological polar surface area (TPSA) is 179 Å². The third-order valence-electron chi connectivity index (χ3n) is 4.04. The van der Waals surface area contributed by atoms with Crippen molar-refractivity contribution in [1.29, 1.82) is 0 Å². The first-order valence-electron chi connectivity index (χ1n) is 9.11. The van der Waals surface area contributed by atoms with Crippen LogP contribution in [0.2, 0.25) is 0 Å². The number of hydrogen-bond donors (Lipinski definition) is 7. The normalized spacial score (nSPS) is 11.2. The SMILES string of the molecule is NCCCCC(N)C(=O)O.O=C(O)c1cc(NCc2cc(Br)ccc2O)ccc1O. The summed E-state index contributed by atoms with van der Waals surface area (Å²) in [5.74, 6) is -2.26. The van der Waals surface area contributed by atoms with E-state index in [1.54, 1.807) is 24.3 Å². The lowest BCUT2D eigenvalue weighted by atomic mass is 10.1. The molecule has 0 heterocycles. The number of phenols is 2. The standard InChI is InChI=1S/C14H12BrNO4.C6H14N2O2/c15-9-1-3-12(17)8(5-9)7-16-10-2-4-13(18)11(6-10)14(19)20;7-4-2-1-3-5(8)6(9)10/h1-6,16-18H,7H2,(H,19,20);5H,1-4,7-8H2,(H,9,10). The molecule has 0 aromatic heterocycles. The zero-order valence-electron chi connectivity index (χ0n) is 16.2. The summed E-state index contributed by atoms with van der Waals surface area (Å²) in [6.45, 7) is 0.932. The van der Waals surface area contributed by atoms with Gasteiger partial charge in [0.05, 0.1) is 0 Å². The molecule has 0 aliphatic heterocycles. The van der Waals surface area contributed by atoms with Gasteiger partial charge in [-0.05, 0) is 55.8 Å². The number of benzene rings is 2. The molecule has 2 aromatic carbocycles. The van der Waals surface area contributed by atoms with E-state index in [9.17, 15) is 19.8 Å². The summed E-state index contributed by atoms with van der Waals surface area (Å²) >= 11 is 3.31. The highest BCUT2D eigenvalue weighted by Crippen LogP contribution is 2.25. The third-order valence-corrected chi connectivity index (χ3v) is 4.53. The number of carboxylic acid groups (broad SMARTS) is 2. The highest BCUT2D eigenvalue weighted by molar-refractivity contribution is 9.10. The van der Waals surface area contributed by atoms with Crippen LogP contribution in [0.3, 0.4) is 0 Å². The first-order chi connectivity index (χ1) is 14.1. The second-order valence-electron chi connectivity index (χ2n) is 6.39. The number of hydrogen-bond acceptors (Lipinski definition) is 7. The average Bonchev–Trinajstić information content (AvgIpc) is 2.70. The van der Waals surface area contributed by atoms with Crippen LogP contribution in [0.1, 0.15) is 35.2 Å². The second-order valence-corrected chi connectivity index (χ2v) is 7.31. The Bertz CT molecular complexity index is 862. The summed E-state index contributed by atoms with van der Waals surface area (Å²) in [4.78, 5) is 21.1. The van der Waals surface area contributed by atoms with Crippen LogP contribution in [-0.4, -0.2) is 45.0 Å². The fraction of sp³-hybridized carbons (Fsp3) is 0.300.